The summed E-state index contributed by atoms with van der Waals surface area (Å²) >= 11 is 6.14. The van der Waals surface area contributed by atoms with Crippen LogP contribution >= 0.6 is 11.6 Å². The molecule has 1 heterocycles. The largest absolute Gasteiger partial charge is 0.504 e. The number of aryl methyl sites for hydroxylation is 1. The normalized spacial score (nSPS) is 14.1. The van der Waals surface area contributed by atoms with Crippen LogP contribution < -0.4 is 0 Å². The van der Waals surface area contributed by atoms with Gasteiger partial charge in [0.25, 0.3) is 0 Å². The lowest BCUT2D eigenvalue weighted by molar-refractivity contribution is 0.338. The number of rotatable bonds is 2. The van der Waals surface area contributed by atoms with Gasteiger partial charge >= 0.3 is 0 Å². The average molecular weight is 236 g/mol. The quantitative estimate of drug-likeness (QED) is 0.579. The van der Waals surface area contributed by atoms with E-state index in [1.54, 1.807) is 13.4 Å². The SMILES string of the molecule is COC=CC1=Cc2c(Cl)nc(C)c(C)c2C1. The highest BCUT2D eigenvalue weighted by atomic mass is 35.5. The minimum Gasteiger partial charge on any atom is -0.504 e. The van der Waals surface area contributed by atoms with E-state index in [-0.39, 0.29) is 0 Å². The van der Waals surface area contributed by atoms with Crippen molar-refractivity contribution in [1.82, 2.24) is 4.98 Å². The van der Waals surface area contributed by atoms with Crippen LogP contribution in [0, 0.1) is 13.8 Å². The van der Waals surface area contributed by atoms with Crippen molar-refractivity contribution in [1.29, 1.82) is 0 Å². The van der Waals surface area contributed by atoms with Gasteiger partial charge in [-0.05, 0) is 49.1 Å². The van der Waals surface area contributed by atoms with E-state index < -0.39 is 0 Å². The van der Waals surface area contributed by atoms with E-state index in [0.29, 0.717) is 5.15 Å². The van der Waals surface area contributed by atoms with Crippen LogP contribution in [0.25, 0.3) is 6.08 Å². The predicted molar refractivity (Wildman–Crippen MR) is 66.6 cm³/mol. The van der Waals surface area contributed by atoms with Gasteiger partial charge in [-0.25, -0.2) is 4.98 Å². The third-order valence-electron chi connectivity index (χ3n) is 2.94. The Morgan fingerprint density at radius 3 is 2.88 bits per heavy atom. The molecule has 3 heteroatoms. The molecule has 0 unspecified atom stereocenters. The molecule has 1 aromatic rings. The Labute approximate surface area is 101 Å². The lowest BCUT2D eigenvalue weighted by Crippen LogP contribution is -1.96. The van der Waals surface area contributed by atoms with Gasteiger partial charge in [-0.1, -0.05) is 11.6 Å². The third kappa shape index (κ3) is 1.85. The molecule has 0 N–H and O–H groups in total. The fourth-order valence-electron chi connectivity index (χ4n) is 1.91. The van der Waals surface area contributed by atoms with Gasteiger partial charge in [-0.15, -0.1) is 0 Å². The van der Waals surface area contributed by atoms with Crippen molar-refractivity contribution in [3.05, 3.63) is 45.4 Å². The van der Waals surface area contributed by atoms with Crippen molar-refractivity contribution in [2.75, 3.05) is 7.11 Å². The van der Waals surface area contributed by atoms with E-state index in [1.807, 2.05) is 13.0 Å². The molecule has 2 nitrogen and oxygen atoms in total. The van der Waals surface area contributed by atoms with Gasteiger partial charge in [0.05, 0.1) is 13.4 Å². The van der Waals surface area contributed by atoms with Crippen LogP contribution in [0.4, 0.5) is 0 Å². The lowest BCUT2D eigenvalue weighted by atomic mass is 10.0. The zero-order valence-corrected chi connectivity index (χ0v) is 10.4. The Balaban J connectivity index is 2.43. The monoisotopic (exact) mass is 235 g/mol. The highest BCUT2D eigenvalue weighted by molar-refractivity contribution is 6.31. The topological polar surface area (TPSA) is 22.1 Å². The molecular formula is C13H14ClNO. The van der Waals surface area contributed by atoms with Crippen molar-refractivity contribution < 1.29 is 4.74 Å². The molecule has 0 spiro atoms. The molecule has 1 aliphatic rings. The van der Waals surface area contributed by atoms with Gasteiger partial charge in [0, 0.05) is 11.3 Å². The Bertz CT molecular complexity index is 489. The summed E-state index contributed by atoms with van der Waals surface area (Å²) in [6.07, 6.45) is 6.63. The Kier molecular flexibility index (Phi) is 3.01. The average Bonchev–Trinajstić information content (AvgIpc) is 2.68. The van der Waals surface area contributed by atoms with Gasteiger partial charge in [0.15, 0.2) is 0 Å². The van der Waals surface area contributed by atoms with E-state index >= 15 is 0 Å². The van der Waals surface area contributed by atoms with Gasteiger partial charge in [0.1, 0.15) is 5.15 Å². The minimum absolute atomic E-state index is 0.596. The van der Waals surface area contributed by atoms with E-state index in [1.165, 1.54) is 16.7 Å². The van der Waals surface area contributed by atoms with Crippen LogP contribution in [0.15, 0.2) is 17.9 Å². The first-order valence-corrected chi connectivity index (χ1v) is 5.56. The van der Waals surface area contributed by atoms with Gasteiger partial charge < -0.3 is 4.74 Å². The molecule has 0 saturated carbocycles. The molecule has 0 radical (unpaired) electrons. The summed E-state index contributed by atoms with van der Waals surface area (Å²) in [5, 5.41) is 0.596. The van der Waals surface area contributed by atoms with E-state index in [9.17, 15) is 0 Å². The second-order valence-corrected chi connectivity index (χ2v) is 4.30. The summed E-state index contributed by atoms with van der Waals surface area (Å²) in [6, 6.07) is 0. The molecule has 0 atom stereocenters. The van der Waals surface area contributed by atoms with Crippen LogP contribution in [-0.2, 0) is 11.2 Å². The number of nitrogens with zero attached hydrogens (tertiary/aromatic N) is 1. The highest BCUT2D eigenvalue weighted by Crippen LogP contribution is 2.33. The fourth-order valence-corrected chi connectivity index (χ4v) is 2.21. The van der Waals surface area contributed by atoms with Gasteiger partial charge in [-0.2, -0.15) is 0 Å². The summed E-state index contributed by atoms with van der Waals surface area (Å²) in [5.74, 6) is 0. The Morgan fingerprint density at radius 2 is 2.19 bits per heavy atom. The first-order chi connectivity index (χ1) is 7.63. The van der Waals surface area contributed by atoms with Gasteiger partial charge in [0.2, 0.25) is 0 Å². The van der Waals surface area contributed by atoms with E-state index in [2.05, 4.69) is 18.0 Å². The number of halogens is 1. The second kappa shape index (κ2) is 4.30. The number of fused-ring (bicyclic) bond motifs is 1. The number of methoxy groups -OCH3 is 1. The summed E-state index contributed by atoms with van der Waals surface area (Å²) in [7, 11) is 1.64. The number of hydrogen-bond donors (Lipinski definition) is 0. The second-order valence-electron chi connectivity index (χ2n) is 3.94. The Morgan fingerprint density at radius 1 is 1.44 bits per heavy atom. The summed E-state index contributed by atoms with van der Waals surface area (Å²) < 4.78 is 4.92. The first-order valence-electron chi connectivity index (χ1n) is 5.19. The summed E-state index contributed by atoms with van der Waals surface area (Å²) in [5.41, 5.74) is 5.79. The third-order valence-corrected chi connectivity index (χ3v) is 3.23. The van der Waals surface area contributed by atoms with Crippen molar-refractivity contribution in [3.63, 3.8) is 0 Å². The number of pyridine rings is 1. The first kappa shape index (κ1) is 11.2. The predicted octanol–water partition coefficient (Wildman–Crippen LogP) is 3.45. The lowest BCUT2D eigenvalue weighted by Gasteiger charge is -2.08. The summed E-state index contributed by atoms with van der Waals surface area (Å²) in [6.45, 7) is 4.08. The molecule has 16 heavy (non-hydrogen) atoms. The molecule has 0 amide bonds. The molecule has 1 aromatic heterocycles. The number of aromatic nitrogens is 1. The molecular weight excluding hydrogens is 222 g/mol. The van der Waals surface area contributed by atoms with Crippen LogP contribution in [-0.4, -0.2) is 12.1 Å². The number of allylic oxidation sites excluding steroid dienone is 2. The maximum Gasteiger partial charge on any atom is 0.136 e. The number of ether oxygens (including phenoxy) is 1. The van der Waals surface area contributed by atoms with Crippen molar-refractivity contribution >= 4 is 17.7 Å². The molecule has 0 aromatic carbocycles. The smallest absolute Gasteiger partial charge is 0.136 e. The fraction of sp³-hybridized carbons (Fsp3) is 0.308. The zero-order valence-electron chi connectivity index (χ0n) is 9.67. The van der Waals surface area contributed by atoms with E-state index in [0.717, 1.165) is 17.7 Å². The van der Waals surface area contributed by atoms with Crippen molar-refractivity contribution in [2.24, 2.45) is 0 Å². The maximum absolute atomic E-state index is 6.14. The molecule has 0 aliphatic heterocycles. The van der Waals surface area contributed by atoms with Crippen LogP contribution in [0.5, 0.6) is 0 Å². The van der Waals surface area contributed by atoms with Gasteiger partial charge in [-0.3, -0.25) is 0 Å². The molecule has 2 rings (SSSR count). The number of hydrogen-bond acceptors (Lipinski definition) is 2. The standard InChI is InChI=1S/C13H14ClNO/c1-8-9(2)15-13(14)12-7-10(4-5-16-3)6-11(8)12/h4-5,7H,6H2,1-3H3. The van der Waals surface area contributed by atoms with E-state index in [4.69, 9.17) is 16.3 Å². The highest BCUT2D eigenvalue weighted by Gasteiger charge is 2.18. The van der Waals surface area contributed by atoms with Crippen LogP contribution in [0.3, 0.4) is 0 Å². The molecule has 0 fully saturated rings. The Hall–Kier alpha value is -1.28. The molecule has 1 aliphatic carbocycles. The van der Waals surface area contributed by atoms with Crippen molar-refractivity contribution in [2.45, 2.75) is 20.3 Å². The van der Waals surface area contributed by atoms with Crippen LogP contribution in [0.1, 0.15) is 22.4 Å². The van der Waals surface area contributed by atoms with Crippen LogP contribution in [0.2, 0.25) is 5.15 Å². The zero-order chi connectivity index (χ0) is 11.7. The van der Waals surface area contributed by atoms with Crippen molar-refractivity contribution in [3.8, 4) is 0 Å². The molecule has 0 saturated heterocycles. The molecule has 84 valence electrons. The molecule has 0 bridgehead atoms. The maximum atomic E-state index is 6.14. The minimum atomic E-state index is 0.596. The summed E-state index contributed by atoms with van der Waals surface area (Å²) in [4.78, 5) is 4.33.